The van der Waals surface area contributed by atoms with Crippen molar-refractivity contribution in [3.8, 4) is 23.3 Å². The number of benzene rings is 2. The Balaban J connectivity index is 1.80. The van der Waals surface area contributed by atoms with E-state index in [4.69, 9.17) is 42.4 Å². The highest BCUT2D eigenvalue weighted by Gasteiger charge is 2.45. The van der Waals surface area contributed by atoms with E-state index in [1.165, 1.54) is 14.2 Å². The van der Waals surface area contributed by atoms with E-state index in [9.17, 15) is 4.79 Å². The van der Waals surface area contributed by atoms with Gasteiger partial charge in [-0.05, 0) is 49.2 Å². The number of methoxy groups -OCH3 is 3. The van der Waals surface area contributed by atoms with Crippen LogP contribution in [0.15, 0.2) is 48.7 Å². The van der Waals surface area contributed by atoms with Gasteiger partial charge in [0.1, 0.15) is 11.9 Å². The second-order valence-electron chi connectivity index (χ2n) is 9.18. The zero-order valence-corrected chi connectivity index (χ0v) is 23.6. The minimum atomic E-state index is -0.521. The van der Waals surface area contributed by atoms with Crippen LogP contribution in [-0.4, -0.2) is 53.4 Å². The number of amides is 1. The number of carbonyl (C=O) groups excluding carboxylic acids is 1. The maximum absolute atomic E-state index is 14.2. The summed E-state index contributed by atoms with van der Waals surface area (Å²) < 4.78 is 18.3. The summed E-state index contributed by atoms with van der Waals surface area (Å²) >= 11 is 12.6. The number of halogens is 2. The van der Waals surface area contributed by atoms with Crippen LogP contribution in [0, 0.1) is 6.92 Å². The summed E-state index contributed by atoms with van der Waals surface area (Å²) in [4.78, 5) is 29.5. The molecule has 2 atom stereocenters. The normalized spacial score (nSPS) is 15.4. The summed E-state index contributed by atoms with van der Waals surface area (Å²) in [5.41, 5.74) is 4.00. The van der Waals surface area contributed by atoms with Gasteiger partial charge in [0, 0.05) is 29.0 Å². The van der Waals surface area contributed by atoms with Gasteiger partial charge in [-0.25, -0.2) is 9.97 Å². The number of rotatable bonds is 8. The number of imidazole rings is 1. The van der Waals surface area contributed by atoms with Crippen molar-refractivity contribution in [2.24, 2.45) is 0 Å². The van der Waals surface area contributed by atoms with Gasteiger partial charge in [-0.1, -0.05) is 41.4 Å². The summed E-state index contributed by atoms with van der Waals surface area (Å²) in [6.07, 6.45) is 1.58. The van der Waals surface area contributed by atoms with E-state index in [-0.39, 0.29) is 23.8 Å². The molecule has 11 heteroatoms. The quantitative estimate of drug-likeness (QED) is 0.260. The zero-order chi connectivity index (χ0) is 27.8. The maximum Gasteiger partial charge on any atom is 0.319 e. The molecular formula is C28H27Cl2N5O4. The number of anilines is 1. The summed E-state index contributed by atoms with van der Waals surface area (Å²) in [6, 6.07) is 12.4. The van der Waals surface area contributed by atoms with Crippen molar-refractivity contribution < 1.29 is 19.0 Å². The zero-order valence-electron chi connectivity index (χ0n) is 22.1. The number of carbonyl (C=O) groups is 1. The van der Waals surface area contributed by atoms with Gasteiger partial charge in [0.25, 0.3) is 5.91 Å². The Hall–Kier alpha value is -3.66. The molecule has 2 aromatic carbocycles. The summed E-state index contributed by atoms with van der Waals surface area (Å²) in [5.74, 6) is 0.501. The molecule has 9 nitrogen and oxygen atoms in total. The van der Waals surface area contributed by atoms with E-state index >= 15 is 0 Å². The topological polar surface area (TPSA) is 91.6 Å². The van der Waals surface area contributed by atoms with Crippen LogP contribution in [0.2, 0.25) is 10.0 Å². The van der Waals surface area contributed by atoms with Crippen LogP contribution < -0.4 is 14.4 Å². The van der Waals surface area contributed by atoms with Crippen molar-refractivity contribution in [3.05, 3.63) is 81.2 Å². The minimum Gasteiger partial charge on any atom is -0.480 e. The molecule has 2 aromatic heterocycles. The van der Waals surface area contributed by atoms with Gasteiger partial charge in [0.05, 0.1) is 38.1 Å². The number of hydrogen-bond acceptors (Lipinski definition) is 7. The fraction of sp³-hybridized carbons (Fsp3) is 0.286. The number of hydrogen-bond donors (Lipinski definition) is 0. The summed E-state index contributed by atoms with van der Waals surface area (Å²) in [6.45, 7) is 4.32. The molecule has 0 spiro atoms. The van der Waals surface area contributed by atoms with Gasteiger partial charge in [-0.3, -0.25) is 9.69 Å². The summed E-state index contributed by atoms with van der Waals surface area (Å²) in [5, 5.41) is 1.12. The average molecular weight is 568 g/mol. The second-order valence-corrected chi connectivity index (χ2v) is 10.1. The smallest absolute Gasteiger partial charge is 0.319 e. The Labute approximate surface area is 236 Å². The molecular weight excluding hydrogens is 541 g/mol. The molecule has 0 aliphatic carbocycles. The van der Waals surface area contributed by atoms with Crippen LogP contribution in [0.1, 0.15) is 46.3 Å². The molecule has 1 aliphatic heterocycles. The van der Waals surface area contributed by atoms with Crippen molar-refractivity contribution in [2.45, 2.75) is 25.9 Å². The van der Waals surface area contributed by atoms with Crippen LogP contribution in [0.5, 0.6) is 11.9 Å². The Morgan fingerprint density at radius 1 is 1.00 bits per heavy atom. The van der Waals surface area contributed by atoms with Crippen molar-refractivity contribution in [3.63, 3.8) is 0 Å². The van der Waals surface area contributed by atoms with Gasteiger partial charge in [0.2, 0.25) is 5.88 Å². The Bertz CT molecular complexity index is 1540. The number of nitrogens with zero attached hydrogens (tertiary/aromatic N) is 5. The molecule has 0 bridgehead atoms. The van der Waals surface area contributed by atoms with E-state index in [1.54, 1.807) is 30.3 Å². The molecule has 0 N–H and O–H groups in total. The molecule has 202 valence electrons. The molecule has 39 heavy (non-hydrogen) atoms. The highest BCUT2D eigenvalue weighted by molar-refractivity contribution is 6.31. The van der Waals surface area contributed by atoms with Crippen molar-refractivity contribution in [1.29, 1.82) is 0 Å². The minimum absolute atomic E-state index is 0.156. The molecule has 3 heterocycles. The first-order valence-corrected chi connectivity index (χ1v) is 13.0. The number of aryl methyl sites for hydroxylation is 1. The fourth-order valence-corrected chi connectivity index (χ4v) is 5.26. The first kappa shape index (κ1) is 26.9. The van der Waals surface area contributed by atoms with Crippen molar-refractivity contribution >= 4 is 34.8 Å². The highest BCUT2D eigenvalue weighted by atomic mass is 35.5. The van der Waals surface area contributed by atoms with Crippen LogP contribution in [0.3, 0.4) is 0 Å². The molecule has 0 saturated carbocycles. The van der Waals surface area contributed by atoms with Gasteiger partial charge in [-0.15, -0.1) is 0 Å². The van der Waals surface area contributed by atoms with E-state index in [2.05, 4.69) is 9.97 Å². The fourth-order valence-electron chi connectivity index (χ4n) is 4.97. The molecule has 0 saturated heterocycles. The van der Waals surface area contributed by atoms with Crippen LogP contribution in [0.25, 0.3) is 11.4 Å². The predicted octanol–water partition coefficient (Wildman–Crippen LogP) is 5.93. The van der Waals surface area contributed by atoms with E-state index in [0.717, 1.165) is 11.1 Å². The highest BCUT2D eigenvalue weighted by Crippen LogP contribution is 2.46. The lowest BCUT2D eigenvalue weighted by Gasteiger charge is -2.30. The van der Waals surface area contributed by atoms with E-state index in [0.29, 0.717) is 45.1 Å². The third-order valence-corrected chi connectivity index (χ3v) is 7.19. The molecule has 0 fully saturated rings. The van der Waals surface area contributed by atoms with Gasteiger partial charge >= 0.3 is 6.01 Å². The third kappa shape index (κ3) is 4.71. The first-order valence-electron chi connectivity index (χ1n) is 12.2. The Kier molecular flexibility index (Phi) is 7.48. The number of fused-ring (bicyclic) bond motifs is 1. The summed E-state index contributed by atoms with van der Waals surface area (Å²) in [7, 11) is 4.62. The van der Waals surface area contributed by atoms with Crippen molar-refractivity contribution in [2.75, 3.05) is 32.8 Å². The molecule has 1 unspecified atom stereocenters. The third-order valence-electron chi connectivity index (χ3n) is 6.70. The first-order chi connectivity index (χ1) is 18.8. The van der Waals surface area contributed by atoms with Gasteiger partial charge in [-0.2, -0.15) is 4.98 Å². The maximum atomic E-state index is 14.2. The van der Waals surface area contributed by atoms with Crippen LogP contribution in [-0.2, 0) is 4.74 Å². The Morgan fingerprint density at radius 3 is 2.38 bits per heavy atom. The average Bonchev–Trinajstić information content (AvgIpc) is 3.45. The largest absolute Gasteiger partial charge is 0.480 e. The number of ether oxygens (including phenoxy) is 3. The second kappa shape index (κ2) is 10.8. The lowest BCUT2D eigenvalue weighted by molar-refractivity contribution is 0.0989. The Morgan fingerprint density at radius 2 is 1.72 bits per heavy atom. The van der Waals surface area contributed by atoms with Gasteiger partial charge in [0.15, 0.2) is 5.69 Å². The molecule has 5 rings (SSSR count). The van der Waals surface area contributed by atoms with Crippen LogP contribution >= 0.6 is 23.2 Å². The molecule has 1 amide bonds. The van der Waals surface area contributed by atoms with Crippen LogP contribution in [0.4, 0.5) is 5.69 Å². The number of aromatic nitrogens is 4. The predicted molar refractivity (Wildman–Crippen MR) is 149 cm³/mol. The monoisotopic (exact) mass is 567 g/mol. The van der Waals surface area contributed by atoms with E-state index in [1.807, 2.05) is 48.7 Å². The van der Waals surface area contributed by atoms with Crippen molar-refractivity contribution in [1.82, 2.24) is 19.5 Å². The lowest BCUT2D eigenvalue weighted by Crippen LogP contribution is -2.31. The molecule has 4 aromatic rings. The molecule has 0 radical (unpaired) electrons. The lowest BCUT2D eigenvalue weighted by atomic mass is 10.0. The molecule has 1 aliphatic rings. The van der Waals surface area contributed by atoms with E-state index < -0.39 is 6.04 Å². The van der Waals surface area contributed by atoms with Gasteiger partial charge < -0.3 is 18.8 Å². The standard InChI is InChI=1S/C28H27Cl2N5O4/c1-15-6-9-19(30)12-21(15)35-23(17-7-10-18(29)11-8-17)24-22(27(35)36)32-25(34(24)16(2)14-37-3)20-13-31-28(39-5)33-26(20)38-4/h6-13,16,23H,14H2,1-5H3/t16-,23?/m1/s1. The SMILES string of the molecule is COC[C@@H](C)n1c(-c2cnc(OC)nc2OC)nc2c1C(c1ccc(Cl)cc1)N(c1cc(Cl)ccc1C)C2=O.